The van der Waals surface area contributed by atoms with Crippen LogP contribution in [-0.4, -0.2) is 18.6 Å². The molecule has 0 spiro atoms. The van der Waals surface area contributed by atoms with Crippen LogP contribution in [0.15, 0.2) is 42.5 Å². The molecule has 0 atom stereocenters. The van der Waals surface area contributed by atoms with E-state index < -0.39 is 0 Å². The highest BCUT2D eigenvalue weighted by Gasteiger charge is 2.06. The van der Waals surface area contributed by atoms with Crippen LogP contribution in [0.1, 0.15) is 32.8 Å². The van der Waals surface area contributed by atoms with Crippen LogP contribution < -0.4 is 10.6 Å². The van der Waals surface area contributed by atoms with Gasteiger partial charge in [0.1, 0.15) is 0 Å². The van der Waals surface area contributed by atoms with Crippen molar-refractivity contribution in [2.45, 2.75) is 39.3 Å². The second-order valence-corrected chi connectivity index (χ2v) is 6.39. The average Bonchev–Trinajstić information content (AvgIpc) is 2.41. The normalized spacial score (nSPS) is 11.9. The molecule has 0 aromatic heterocycles. The summed E-state index contributed by atoms with van der Waals surface area (Å²) in [6, 6.07) is 15.2. The molecule has 2 nitrogen and oxygen atoms in total. The molecule has 0 aliphatic heterocycles. The number of fused-ring (bicyclic) bond motifs is 1. The summed E-state index contributed by atoms with van der Waals surface area (Å²) in [6.45, 7) is 9.67. The Morgan fingerprint density at radius 1 is 0.900 bits per heavy atom. The van der Waals surface area contributed by atoms with Gasteiger partial charge in [-0.1, -0.05) is 36.4 Å². The smallest absolute Gasteiger partial charge is 0.0205 e. The Balaban J connectivity index is 1.73. The van der Waals surface area contributed by atoms with Gasteiger partial charge in [0.15, 0.2) is 0 Å². The van der Waals surface area contributed by atoms with Crippen molar-refractivity contribution < 1.29 is 0 Å². The van der Waals surface area contributed by atoms with Gasteiger partial charge in [-0.25, -0.2) is 0 Å². The Bertz CT molecular complexity index is 540. The van der Waals surface area contributed by atoms with E-state index in [1.807, 2.05) is 0 Å². The van der Waals surface area contributed by atoms with E-state index in [9.17, 15) is 0 Å². The van der Waals surface area contributed by atoms with Gasteiger partial charge in [0, 0.05) is 12.1 Å². The Morgan fingerprint density at radius 2 is 1.65 bits per heavy atom. The molecule has 0 radical (unpaired) electrons. The summed E-state index contributed by atoms with van der Waals surface area (Å²) in [5, 5.41) is 9.65. The van der Waals surface area contributed by atoms with E-state index in [2.05, 4.69) is 73.9 Å². The molecule has 2 N–H and O–H groups in total. The minimum atomic E-state index is 0.221. The van der Waals surface area contributed by atoms with Crippen LogP contribution >= 0.6 is 0 Å². The quantitative estimate of drug-likeness (QED) is 0.782. The third kappa shape index (κ3) is 4.95. The Hall–Kier alpha value is -1.38. The predicted molar refractivity (Wildman–Crippen MR) is 88.0 cm³/mol. The van der Waals surface area contributed by atoms with Gasteiger partial charge in [0.2, 0.25) is 0 Å². The zero-order valence-electron chi connectivity index (χ0n) is 12.9. The molecule has 0 saturated heterocycles. The third-order valence-corrected chi connectivity index (χ3v) is 3.33. The maximum absolute atomic E-state index is 3.51. The van der Waals surface area contributed by atoms with E-state index in [0.717, 1.165) is 26.1 Å². The molecule has 0 fully saturated rings. The summed E-state index contributed by atoms with van der Waals surface area (Å²) in [6.07, 6.45) is 1.16. The Kier molecular flexibility index (Phi) is 5.16. The Labute approximate surface area is 122 Å². The lowest BCUT2D eigenvalue weighted by Crippen LogP contribution is -2.37. The SMILES string of the molecule is CC(C)(C)NCCCNCc1ccc2ccccc2c1. The topological polar surface area (TPSA) is 24.1 Å². The first-order valence-electron chi connectivity index (χ1n) is 7.48. The monoisotopic (exact) mass is 270 g/mol. The molecule has 108 valence electrons. The Morgan fingerprint density at radius 3 is 2.40 bits per heavy atom. The largest absolute Gasteiger partial charge is 0.313 e. The standard InChI is InChI=1S/C18H26N2/c1-18(2,3)20-12-6-11-19-14-15-9-10-16-7-4-5-8-17(16)13-15/h4-5,7-10,13,19-20H,6,11-12,14H2,1-3H3. The molecule has 0 saturated carbocycles. The second-order valence-electron chi connectivity index (χ2n) is 6.39. The maximum Gasteiger partial charge on any atom is 0.0205 e. The molecule has 20 heavy (non-hydrogen) atoms. The van der Waals surface area contributed by atoms with E-state index in [0.29, 0.717) is 0 Å². The molecule has 2 rings (SSSR count). The highest BCUT2D eigenvalue weighted by atomic mass is 14.9. The summed E-state index contributed by atoms with van der Waals surface area (Å²) < 4.78 is 0. The van der Waals surface area contributed by atoms with E-state index in [1.54, 1.807) is 0 Å². The lowest BCUT2D eigenvalue weighted by Gasteiger charge is -2.20. The summed E-state index contributed by atoms with van der Waals surface area (Å²) in [4.78, 5) is 0. The number of hydrogen-bond acceptors (Lipinski definition) is 2. The number of rotatable bonds is 6. The molecule has 0 heterocycles. The van der Waals surface area contributed by atoms with Crippen molar-refractivity contribution in [3.05, 3.63) is 48.0 Å². The molecule has 0 bridgehead atoms. The molecule has 0 aliphatic rings. The van der Waals surface area contributed by atoms with Gasteiger partial charge in [-0.05, 0) is 62.7 Å². The number of nitrogens with one attached hydrogen (secondary N) is 2. The van der Waals surface area contributed by atoms with Gasteiger partial charge in [-0.2, -0.15) is 0 Å². The zero-order chi connectivity index (χ0) is 14.4. The molecular weight excluding hydrogens is 244 g/mol. The van der Waals surface area contributed by atoms with Gasteiger partial charge in [-0.3, -0.25) is 0 Å². The third-order valence-electron chi connectivity index (χ3n) is 3.33. The molecule has 2 heteroatoms. The molecular formula is C18H26N2. The fraction of sp³-hybridized carbons (Fsp3) is 0.444. The lowest BCUT2D eigenvalue weighted by atomic mass is 10.1. The van der Waals surface area contributed by atoms with Crippen LogP contribution in [0.25, 0.3) is 10.8 Å². The lowest BCUT2D eigenvalue weighted by molar-refractivity contribution is 0.418. The minimum Gasteiger partial charge on any atom is -0.313 e. The van der Waals surface area contributed by atoms with Crippen molar-refractivity contribution in [2.24, 2.45) is 0 Å². The summed E-state index contributed by atoms with van der Waals surface area (Å²) in [5.74, 6) is 0. The van der Waals surface area contributed by atoms with Crippen LogP contribution in [0, 0.1) is 0 Å². The molecule has 0 aliphatic carbocycles. The van der Waals surface area contributed by atoms with E-state index >= 15 is 0 Å². The maximum atomic E-state index is 3.51. The van der Waals surface area contributed by atoms with Gasteiger partial charge in [0.25, 0.3) is 0 Å². The summed E-state index contributed by atoms with van der Waals surface area (Å²) >= 11 is 0. The van der Waals surface area contributed by atoms with Crippen molar-refractivity contribution in [1.29, 1.82) is 0 Å². The average molecular weight is 270 g/mol. The van der Waals surface area contributed by atoms with Crippen LogP contribution in [0.2, 0.25) is 0 Å². The van der Waals surface area contributed by atoms with Crippen molar-refractivity contribution in [2.75, 3.05) is 13.1 Å². The van der Waals surface area contributed by atoms with Crippen molar-refractivity contribution in [1.82, 2.24) is 10.6 Å². The predicted octanol–water partition coefficient (Wildman–Crippen LogP) is 3.71. The van der Waals surface area contributed by atoms with Crippen LogP contribution in [0.4, 0.5) is 0 Å². The van der Waals surface area contributed by atoms with Gasteiger partial charge >= 0.3 is 0 Å². The first-order valence-corrected chi connectivity index (χ1v) is 7.48. The van der Waals surface area contributed by atoms with Crippen molar-refractivity contribution >= 4 is 10.8 Å². The highest BCUT2D eigenvalue weighted by molar-refractivity contribution is 5.82. The highest BCUT2D eigenvalue weighted by Crippen LogP contribution is 2.15. The first kappa shape index (κ1) is 15.0. The van der Waals surface area contributed by atoms with Crippen LogP contribution in [-0.2, 0) is 6.54 Å². The van der Waals surface area contributed by atoms with Crippen LogP contribution in [0.5, 0.6) is 0 Å². The first-order chi connectivity index (χ1) is 9.54. The summed E-state index contributed by atoms with van der Waals surface area (Å²) in [7, 11) is 0. The van der Waals surface area contributed by atoms with E-state index in [4.69, 9.17) is 0 Å². The fourth-order valence-corrected chi connectivity index (χ4v) is 2.26. The molecule has 2 aromatic rings. The minimum absolute atomic E-state index is 0.221. The number of hydrogen-bond donors (Lipinski definition) is 2. The second kappa shape index (κ2) is 6.87. The molecule has 0 amide bonds. The van der Waals surface area contributed by atoms with Crippen molar-refractivity contribution in [3.8, 4) is 0 Å². The molecule has 0 unspecified atom stereocenters. The van der Waals surface area contributed by atoms with Gasteiger partial charge in [-0.15, -0.1) is 0 Å². The zero-order valence-corrected chi connectivity index (χ0v) is 12.9. The van der Waals surface area contributed by atoms with E-state index in [-0.39, 0.29) is 5.54 Å². The summed E-state index contributed by atoms with van der Waals surface area (Å²) in [5.41, 5.74) is 1.57. The van der Waals surface area contributed by atoms with Crippen molar-refractivity contribution in [3.63, 3.8) is 0 Å². The molecule has 2 aromatic carbocycles. The van der Waals surface area contributed by atoms with Gasteiger partial charge < -0.3 is 10.6 Å². The fourth-order valence-electron chi connectivity index (χ4n) is 2.26. The number of benzene rings is 2. The van der Waals surface area contributed by atoms with E-state index in [1.165, 1.54) is 16.3 Å². The van der Waals surface area contributed by atoms with Crippen LogP contribution in [0.3, 0.4) is 0 Å². The van der Waals surface area contributed by atoms with Gasteiger partial charge in [0.05, 0.1) is 0 Å².